The minimum Gasteiger partial charge on any atom is -0.507 e. The van der Waals surface area contributed by atoms with Crippen molar-refractivity contribution in [1.82, 2.24) is 10.2 Å². The fraction of sp³-hybridized carbons (Fsp3) is 0.333. The summed E-state index contributed by atoms with van der Waals surface area (Å²) in [7, 11) is 0. The third-order valence-corrected chi connectivity index (χ3v) is 5.39. The Morgan fingerprint density at radius 1 is 0.933 bits per heavy atom. The molecule has 0 bridgehead atoms. The lowest BCUT2D eigenvalue weighted by Gasteiger charge is -2.31. The molecule has 1 heterocycles. The maximum atomic E-state index is 12.9. The summed E-state index contributed by atoms with van der Waals surface area (Å²) >= 11 is 0. The molecule has 0 amide bonds. The van der Waals surface area contributed by atoms with Gasteiger partial charge in [-0.1, -0.05) is 24.3 Å². The van der Waals surface area contributed by atoms with E-state index in [-0.39, 0.29) is 17.3 Å². The largest absolute Gasteiger partial charge is 0.507 e. The molecule has 1 aliphatic rings. The number of hydrogen-bond donors (Lipinski definition) is 4. The van der Waals surface area contributed by atoms with Crippen LogP contribution >= 0.6 is 0 Å². The number of phenolic OH excluding ortho intramolecular Hbond substituents is 1. The van der Waals surface area contributed by atoms with Crippen LogP contribution in [0, 0.1) is 0 Å². The first-order chi connectivity index (χ1) is 14.2. The fourth-order valence-electron chi connectivity index (χ4n) is 3.77. The molecule has 0 aliphatic heterocycles. The number of phenols is 1. The maximum absolute atomic E-state index is 12.9. The van der Waals surface area contributed by atoms with E-state index in [0.717, 1.165) is 6.07 Å². The number of aromatic hydroxyl groups is 1. The summed E-state index contributed by atoms with van der Waals surface area (Å²) in [5.74, 6) is -0.0660. The smallest absolute Gasteiger partial charge is 0.416 e. The van der Waals surface area contributed by atoms with E-state index in [1.54, 1.807) is 24.3 Å². The zero-order valence-electron chi connectivity index (χ0n) is 15.8. The Hall–Kier alpha value is -2.91. The molecule has 3 atom stereocenters. The Labute approximate surface area is 170 Å². The number of nitrogens with zero attached hydrogens (tertiary/aromatic N) is 2. The van der Waals surface area contributed by atoms with Gasteiger partial charge < -0.3 is 20.6 Å². The molecule has 4 rings (SSSR count). The van der Waals surface area contributed by atoms with E-state index in [1.807, 2.05) is 0 Å². The molecule has 6 nitrogen and oxygen atoms in total. The second-order valence-electron chi connectivity index (χ2n) is 7.46. The SMILES string of the molecule is Oc1cc(C(F)(F)F)ccc1-c1nnc(N[C@@H]2CC[C@H](O)[C@H](O)C2)c2ccccc12. The van der Waals surface area contributed by atoms with Crippen molar-refractivity contribution < 1.29 is 28.5 Å². The summed E-state index contributed by atoms with van der Waals surface area (Å²) in [4.78, 5) is 0. The standard InChI is InChI=1S/C21H20F3N3O3/c22-21(23,24)11-5-7-15(17(29)9-11)19-13-3-1-2-4-14(13)20(27-26-19)25-12-6-8-16(28)18(30)10-12/h1-5,7,9,12,16,18,28-30H,6,8,10H2,(H,25,27)/t12-,16+,18-/m1/s1. The lowest BCUT2D eigenvalue weighted by Crippen LogP contribution is -2.39. The number of benzene rings is 2. The van der Waals surface area contributed by atoms with Gasteiger partial charge in [-0.25, -0.2) is 0 Å². The fourth-order valence-corrected chi connectivity index (χ4v) is 3.77. The van der Waals surface area contributed by atoms with Crippen molar-refractivity contribution in [2.45, 2.75) is 43.7 Å². The second kappa shape index (κ2) is 7.73. The zero-order valence-corrected chi connectivity index (χ0v) is 15.8. The van der Waals surface area contributed by atoms with Gasteiger partial charge in [0.15, 0.2) is 5.82 Å². The van der Waals surface area contributed by atoms with Crippen molar-refractivity contribution in [2.75, 3.05) is 5.32 Å². The van der Waals surface area contributed by atoms with Gasteiger partial charge in [-0.2, -0.15) is 13.2 Å². The van der Waals surface area contributed by atoms with Crippen molar-refractivity contribution in [3.63, 3.8) is 0 Å². The second-order valence-corrected chi connectivity index (χ2v) is 7.46. The topological polar surface area (TPSA) is 98.5 Å². The van der Waals surface area contributed by atoms with Crippen LogP contribution in [0.1, 0.15) is 24.8 Å². The molecule has 30 heavy (non-hydrogen) atoms. The number of aliphatic hydroxyl groups excluding tert-OH is 2. The van der Waals surface area contributed by atoms with Crippen LogP contribution in [0.5, 0.6) is 5.75 Å². The molecule has 1 aromatic heterocycles. The molecule has 1 saturated carbocycles. The Bertz CT molecular complexity index is 1070. The summed E-state index contributed by atoms with van der Waals surface area (Å²) in [5.41, 5.74) is -0.534. The quantitative estimate of drug-likeness (QED) is 0.517. The first-order valence-electron chi connectivity index (χ1n) is 9.52. The van der Waals surface area contributed by atoms with E-state index in [4.69, 9.17) is 0 Å². The molecule has 1 aliphatic carbocycles. The van der Waals surface area contributed by atoms with Crippen LogP contribution in [-0.4, -0.2) is 43.8 Å². The average molecular weight is 419 g/mol. The van der Waals surface area contributed by atoms with E-state index in [0.29, 0.717) is 41.9 Å². The van der Waals surface area contributed by atoms with Crippen LogP contribution in [-0.2, 0) is 6.18 Å². The first kappa shape index (κ1) is 20.4. The average Bonchev–Trinajstić information content (AvgIpc) is 2.70. The number of aliphatic hydroxyl groups is 2. The molecule has 3 aromatic rings. The molecule has 4 N–H and O–H groups in total. The van der Waals surface area contributed by atoms with Gasteiger partial charge >= 0.3 is 6.18 Å². The number of anilines is 1. The van der Waals surface area contributed by atoms with Gasteiger partial charge in [-0.15, -0.1) is 10.2 Å². The van der Waals surface area contributed by atoms with Gasteiger partial charge in [0, 0.05) is 22.4 Å². The van der Waals surface area contributed by atoms with Crippen molar-refractivity contribution >= 4 is 16.6 Å². The number of nitrogens with one attached hydrogen (secondary N) is 1. The molecule has 0 radical (unpaired) electrons. The van der Waals surface area contributed by atoms with Gasteiger partial charge in [-0.3, -0.25) is 0 Å². The molecule has 1 fully saturated rings. The van der Waals surface area contributed by atoms with Crippen LogP contribution in [0.25, 0.3) is 22.0 Å². The Kier molecular flexibility index (Phi) is 5.25. The Morgan fingerprint density at radius 3 is 2.33 bits per heavy atom. The van der Waals surface area contributed by atoms with Crippen LogP contribution in [0.15, 0.2) is 42.5 Å². The molecule has 9 heteroatoms. The van der Waals surface area contributed by atoms with E-state index in [2.05, 4.69) is 15.5 Å². The zero-order chi connectivity index (χ0) is 21.5. The minimum absolute atomic E-state index is 0.105. The monoisotopic (exact) mass is 419 g/mol. The van der Waals surface area contributed by atoms with E-state index < -0.39 is 29.7 Å². The third-order valence-electron chi connectivity index (χ3n) is 5.39. The van der Waals surface area contributed by atoms with Gasteiger partial charge in [-0.05, 0) is 37.5 Å². The highest BCUT2D eigenvalue weighted by Crippen LogP contribution is 2.39. The molecule has 0 saturated heterocycles. The van der Waals surface area contributed by atoms with Gasteiger partial charge in [0.25, 0.3) is 0 Å². The van der Waals surface area contributed by atoms with Crippen molar-refractivity contribution in [1.29, 1.82) is 0 Å². The number of hydrogen-bond acceptors (Lipinski definition) is 6. The molecule has 0 spiro atoms. The number of alkyl halides is 3. The molecular weight excluding hydrogens is 399 g/mol. The highest BCUT2D eigenvalue weighted by Gasteiger charge is 2.32. The predicted molar refractivity (Wildman–Crippen MR) is 105 cm³/mol. The Balaban J connectivity index is 1.71. The summed E-state index contributed by atoms with van der Waals surface area (Å²) in [6, 6.07) is 9.75. The van der Waals surface area contributed by atoms with Gasteiger partial charge in [0.2, 0.25) is 0 Å². The van der Waals surface area contributed by atoms with Crippen molar-refractivity contribution in [3.05, 3.63) is 48.0 Å². The lowest BCUT2D eigenvalue weighted by atomic mass is 9.90. The minimum atomic E-state index is -4.56. The van der Waals surface area contributed by atoms with Gasteiger partial charge in [0.05, 0.1) is 17.8 Å². The summed E-state index contributed by atoms with van der Waals surface area (Å²) in [6.07, 6.45) is -4.65. The highest BCUT2D eigenvalue weighted by atomic mass is 19.4. The van der Waals surface area contributed by atoms with Crippen molar-refractivity contribution in [3.8, 4) is 17.0 Å². The lowest BCUT2D eigenvalue weighted by molar-refractivity contribution is -0.137. The number of halogens is 3. The number of rotatable bonds is 3. The predicted octanol–water partition coefficient (Wildman–Crippen LogP) is 3.71. The molecule has 158 valence electrons. The van der Waals surface area contributed by atoms with Crippen LogP contribution in [0.3, 0.4) is 0 Å². The van der Waals surface area contributed by atoms with Crippen LogP contribution in [0.4, 0.5) is 19.0 Å². The summed E-state index contributed by atoms with van der Waals surface area (Å²) in [5, 5.41) is 42.7. The maximum Gasteiger partial charge on any atom is 0.416 e. The number of aromatic nitrogens is 2. The van der Waals surface area contributed by atoms with Crippen LogP contribution < -0.4 is 5.32 Å². The van der Waals surface area contributed by atoms with Crippen LogP contribution in [0.2, 0.25) is 0 Å². The third kappa shape index (κ3) is 3.90. The molecule has 0 unspecified atom stereocenters. The van der Waals surface area contributed by atoms with E-state index in [9.17, 15) is 28.5 Å². The normalized spacial score (nSPS) is 22.2. The highest BCUT2D eigenvalue weighted by molar-refractivity contribution is 6.00. The molecular formula is C21H20F3N3O3. The summed E-state index contributed by atoms with van der Waals surface area (Å²) < 4.78 is 38.7. The molecule has 2 aromatic carbocycles. The van der Waals surface area contributed by atoms with Crippen molar-refractivity contribution in [2.24, 2.45) is 0 Å². The van der Waals surface area contributed by atoms with E-state index in [1.165, 1.54) is 6.07 Å². The van der Waals surface area contributed by atoms with E-state index >= 15 is 0 Å². The first-order valence-corrected chi connectivity index (χ1v) is 9.52. The Morgan fingerprint density at radius 2 is 1.67 bits per heavy atom. The van der Waals surface area contributed by atoms with Gasteiger partial charge in [0.1, 0.15) is 11.4 Å². The number of fused-ring (bicyclic) bond motifs is 1. The summed E-state index contributed by atoms with van der Waals surface area (Å²) in [6.45, 7) is 0.